The molecule has 0 unspecified atom stereocenters. The molecule has 0 spiro atoms. The van der Waals surface area contributed by atoms with E-state index >= 15 is 0 Å². The number of carbonyl (C=O) groups excluding carboxylic acids is 2. The molecule has 2 fully saturated rings. The van der Waals surface area contributed by atoms with Gasteiger partial charge in [0.2, 0.25) is 0 Å². The fraction of sp³-hybridized carbons (Fsp3) is 0.263. The average Bonchev–Trinajstić information content (AvgIpc) is 3.22. The number of hydrogen-bond donors (Lipinski definition) is 0. The van der Waals surface area contributed by atoms with Crippen LogP contribution in [0.2, 0.25) is 0 Å². The van der Waals surface area contributed by atoms with Gasteiger partial charge < -0.3 is 9.47 Å². The number of rotatable bonds is 4. The first-order chi connectivity index (χ1) is 12.6. The third kappa shape index (κ3) is 2.59. The largest absolute Gasteiger partial charge is 0.497 e. The Bertz CT molecular complexity index is 838. The number of fused-ring (bicyclic) bond motifs is 1. The van der Waals surface area contributed by atoms with Crippen LogP contribution in [0.15, 0.2) is 48.5 Å². The molecule has 26 heavy (non-hydrogen) atoms. The SMILES string of the molecule is COc1ccc([C@H]2SC[C@@H]3C(=O)N(c4ccc(OC)cc4)C(=O)N32)cc1. The molecule has 3 amide bonds. The van der Waals surface area contributed by atoms with Gasteiger partial charge in [0.25, 0.3) is 5.91 Å². The average molecular weight is 370 g/mol. The highest BCUT2D eigenvalue weighted by atomic mass is 32.2. The topological polar surface area (TPSA) is 59.1 Å². The highest BCUT2D eigenvalue weighted by Gasteiger charge is 2.53. The van der Waals surface area contributed by atoms with Crippen molar-refractivity contribution < 1.29 is 19.1 Å². The lowest BCUT2D eigenvalue weighted by Gasteiger charge is -2.23. The fourth-order valence-corrected chi connectivity index (χ4v) is 4.70. The highest BCUT2D eigenvalue weighted by molar-refractivity contribution is 7.99. The molecule has 2 heterocycles. The molecule has 2 aromatic carbocycles. The van der Waals surface area contributed by atoms with E-state index in [1.807, 2.05) is 24.3 Å². The zero-order chi connectivity index (χ0) is 18.3. The zero-order valence-electron chi connectivity index (χ0n) is 14.4. The predicted octanol–water partition coefficient (Wildman–Crippen LogP) is 3.29. The molecule has 134 valence electrons. The summed E-state index contributed by atoms with van der Waals surface area (Å²) in [5.74, 6) is 1.86. The van der Waals surface area contributed by atoms with E-state index in [2.05, 4.69) is 0 Å². The van der Waals surface area contributed by atoms with Crippen LogP contribution in [0.5, 0.6) is 11.5 Å². The van der Waals surface area contributed by atoms with Gasteiger partial charge in [0.05, 0.1) is 19.9 Å². The van der Waals surface area contributed by atoms with Crippen molar-refractivity contribution in [2.75, 3.05) is 24.9 Å². The molecule has 2 aliphatic heterocycles. The van der Waals surface area contributed by atoms with Crippen LogP contribution in [-0.2, 0) is 4.79 Å². The van der Waals surface area contributed by atoms with Crippen LogP contribution >= 0.6 is 11.8 Å². The monoisotopic (exact) mass is 370 g/mol. The third-order valence-corrected chi connectivity index (χ3v) is 5.97. The molecule has 0 aromatic heterocycles. The van der Waals surface area contributed by atoms with Crippen molar-refractivity contribution >= 4 is 29.4 Å². The van der Waals surface area contributed by atoms with Gasteiger partial charge in [0.1, 0.15) is 22.9 Å². The van der Waals surface area contributed by atoms with Crippen molar-refractivity contribution in [2.45, 2.75) is 11.4 Å². The molecule has 2 aromatic rings. The van der Waals surface area contributed by atoms with E-state index in [-0.39, 0.29) is 17.3 Å². The summed E-state index contributed by atoms with van der Waals surface area (Å²) in [5.41, 5.74) is 1.55. The second kappa shape index (κ2) is 6.57. The van der Waals surface area contributed by atoms with E-state index in [1.54, 1.807) is 55.1 Å². The number of thioether (sulfide) groups is 1. The van der Waals surface area contributed by atoms with E-state index < -0.39 is 6.04 Å². The number of benzene rings is 2. The Morgan fingerprint density at radius 1 is 0.923 bits per heavy atom. The summed E-state index contributed by atoms with van der Waals surface area (Å²) in [7, 11) is 3.19. The second-order valence-electron chi connectivity index (χ2n) is 6.04. The molecule has 0 N–H and O–H groups in total. The Morgan fingerprint density at radius 3 is 2.08 bits per heavy atom. The number of methoxy groups -OCH3 is 2. The maximum atomic E-state index is 13.0. The van der Waals surface area contributed by atoms with E-state index in [4.69, 9.17) is 9.47 Å². The van der Waals surface area contributed by atoms with E-state index in [0.717, 1.165) is 11.3 Å². The molecule has 0 radical (unpaired) electrons. The Morgan fingerprint density at radius 2 is 1.50 bits per heavy atom. The van der Waals surface area contributed by atoms with Gasteiger partial charge in [-0.3, -0.25) is 9.69 Å². The Balaban J connectivity index is 1.62. The summed E-state index contributed by atoms with van der Waals surface area (Å²) < 4.78 is 10.3. The minimum absolute atomic E-state index is 0.175. The van der Waals surface area contributed by atoms with Gasteiger partial charge in [-0.1, -0.05) is 12.1 Å². The van der Waals surface area contributed by atoms with Crippen LogP contribution in [0.4, 0.5) is 10.5 Å². The molecule has 0 aliphatic carbocycles. The summed E-state index contributed by atoms with van der Waals surface area (Å²) in [6.07, 6.45) is 0. The molecule has 6 nitrogen and oxygen atoms in total. The summed E-state index contributed by atoms with van der Waals surface area (Å²) >= 11 is 1.61. The fourth-order valence-electron chi connectivity index (χ4n) is 3.28. The normalized spacial score (nSPS) is 21.9. The standard InChI is InChI=1S/C19H18N2O4S/c1-24-14-7-3-12(4-8-14)18-21-16(11-26-18)17(22)20(19(21)23)13-5-9-15(25-2)10-6-13/h3-10,16,18H,11H2,1-2H3/t16-,18-/m1/s1. The van der Waals surface area contributed by atoms with Crippen molar-refractivity contribution in [3.05, 3.63) is 54.1 Å². The van der Waals surface area contributed by atoms with Crippen molar-refractivity contribution in [3.63, 3.8) is 0 Å². The van der Waals surface area contributed by atoms with Gasteiger partial charge in [-0.15, -0.1) is 11.8 Å². The van der Waals surface area contributed by atoms with E-state index in [1.165, 1.54) is 4.90 Å². The van der Waals surface area contributed by atoms with Crippen LogP contribution in [0.1, 0.15) is 10.9 Å². The zero-order valence-corrected chi connectivity index (χ0v) is 15.2. The van der Waals surface area contributed by atoms with Gasteiger partial charge in [-0.2, -0.15) is 0 Å². The molecule has 0 bridgehead atoms. The lowest BCUT2D eigenvalue weighted by molar-refractivity contribution is -0.119. The highest BCUT2D eigenvalue weighted by Crippen LogP contribution is 2.46. The lowest BCUT2D eigenvalue weighted by atomic mass is 10.2. The molecule has 2 atom stereocenters. The van der Waals surface area contributed by atoms with Crippen LogP contribution in [0.25, 0.3) is 0 Å². The summed E-state index contributed by atoms with van der Waals surface area (Å²) in [4.78, 5) is 28.8. The van der Waals surface area contributed by atoms with Gasteiger partial charge in [0, 0.05) is 5.75 Å². The molecular weight excluding hydrogens is 352 g/mol. The number of anilines is 1. The maximum Gasteiger partial charge on any atom is 0.333 e. The van der Waals surface area contributed by atoms with Crippen molar-refractivity contribution in [1.82, 2.24) is 4.90 Å². The number of hydrogen-bond acceptors (Lipinski definition) is 5. The number of nitrogens with zero attached hydrogens (tertiary/aromatic N) is 2. The first kappa shape index (κ1) is 16.8. The van der Waals surface area contributed by atoms with Gasteiger partial charge in [-0.05, 0) is 42.0 Å². The molecule has 2 saturated heterocycles. The number of imide groups is 1. The maximum absolute atomic E-state index is 13.0. The molecule has 7 heteroatoms. The molecular formula is C19H18N2O4S. The minimum Gasteiger partial charge on any atom is -0.497 e. The predicted molar refractivity (Wildman–Crippen MR) is 99.7 cm³/mol. The van der Waals surface area contributed by atoms with E-state index in [9.17, 15) is 9.59 Å². The summed E-state index contributed by atoms with van der Waals surface area (Å²) in [6.45, 7) is 0. The van der Waals surface area contributed by atoms with Crippen molar-refractivity contribution in [1.29, 1.82) is 0 Å². The first-order valence-corrected chi connectivity index (χ1v) is 9.25. The van der Waals surface area contributed by atoms with Gasteiger partial charge >= 0.3 is 6.03 Å². The number of amides is 3. The summed E-state index contributed by atoms with van der Waals surface area (Å²) in [6, 6.07) is 13.8. The molecule has 2 aliphatic rings. The Labute approximate surface area is 155 Å². The van der Waals surface area contributed by atoms with Gasteiger partial charge in [-0.25, -0.2) is 9.69 Å². The molecule has 0 saturated carbocycles. The van der Waals surface area contributed by atoms with Crippen LogP contribution in [0.3, 0.4) is 0 Å². The number of carbonyl (C=O) groups is 2. The summed E-state index contributed by atoms with van der Waals surface area (Å²) in [5, 5.41) is -0.175. The molecule has 4 rings (SSSR count). The quantitative estimate of drug-likeness (QED) is 0.773. The smallest absolute Gasteiger partial charge is 0.333 e. The van der Waals surface area contributed by atoms with E-state index in [0.29, 0.717) is 17.2 Å². The number of urea groups is 1. The first-order valence-electron chi connectivity index (χ1n) is 8.20. The van der Waals surface area contributed by atoms with Gasteiger partial charge in [0.15, 0.2) is 0 Å². The lowest BCUT2D eigenvalue weighted by Crippen LogP contribution is -2.33. The van der Waals surface area contributed by atoms with Crippen LogP contribution < -0.4 is 14.4 Å². The van der Waals surface area contributed by atoms with Crippen molar-refractivity contribution in [3.8, 4) is 11.5 Å². The van der Waals surface area contributed by atoms with Crippen LogP contribution in [0, 0.1) is 0 Å². The van der Waals surface area contributed by atoms with Crippen LogP contribution in [-0.4, -0.2) is 42.9 Å². The van der Waals surface area contributed by atoms with Crippen molar-refractivity contribution in [2.24, 2.45) is 0 Å². The Kier molecular flexibility index (Phi) is 4.24. The number of ether oxygens (including phenoxy) is 2. The Hall–Kier alpha value is -2.67. The minimum atomic E-state index is -0.429. The second-order valence-corrected chi connectivity index (χ2v) is 7.15. The third-order valence-electron chi connectivity index (χ3n) is 4.65.